The Hall–Kier alpha value is -1.52. The maximum atomic E-state index is 11.5. The molecule has 0 heterocycles. The quantitative estimate of drug-likeness (QED) is 0.613. The van der Waals surface area contributed by atoms with Gasteiger partial charge in [-0.05, 0) is 24.2 Å². The molecule has 0 bridgehead atoms. The van der Waals surface area contributed by atoms with Crippen LogP contribution in [0.15, 0.2) is 12.7 Å². The summed E-state index contributed by atoms with van der Waals surface area (Å²) in [5, 5.41) is 13.9. The van der Waals surface area contributed by atoms with E-state index in [0.717, 1.165) is 6.42 Å². The van der Waals surface area contributed by atoms with Crippen molar-refractivity contribution < 1.29 is 14.7 Å². The van der Waals surface area contributed by atoms with Crippen LogP contribution in [0, 0.1) is 11.3 Å². The number of urea groups is 1. The standard InChI is InChI=1S/C12H20N2O3/c1-4-5-9(10(15)16)14-11(17)13-7-8-6-12(8,2)3/h4,8-9H,1,5-7H2,2-3H3,(H,15,16)(H2,13,14,17). The molecule has 96 valence electrons. The summed E-state index contributed by atoms with van der Waals surface area (Å²) in [5.74, 6) is -0.553. The first-order chi connectivity index (χ1) is 7.86. The number of carboxylic acid groups (broad SMARTS) is 1. The van der Waals surface area contributed by atoms with Gasteiger partial charge in [-0.2, -0.15) is 0 Å². The minimum atomic E-state index is -1.05. The molecule has 0 radical (unpaired) electrons. The zero-order valence-electron chi connectivity index (χ0n) is 10.3. The topological polar surface area (TPSA) is 78.4 Å². The fourth-order valence-corrected chi connectivity index (χ4v) is 1.74. The molecule has 1 aliphatic rings. The third-order valence-electron chi connectivity index (χ3n) is 3.23. The molecule has 5 nitrogen and oxygen atoms in total. The van der Waals surface area contributed by atoms with Gasteiger partial charge in [-0.15, -0.1) is 6.58 Å². The highest BCUT2D eigenvalue weighted by atomic mass is 16.4. The molecule has 0 aromatic heterocycles. The van der Waals surface area contributed by atoms with Crippen molar-refractivity contribution in [1.82, 2.24) is 10.6 Å². The van der Waals surface area contributed by atoms with Crippen LogP contribution in [0.4, 0.5) is 4.79 Å². The van der Waals surface area contributed by atoms with Gasteiger partial charge < -0.3 is 15.7 Å². The zero-order chi connectivity index (χ0) is 13.1. The summed E-state index contributed by atoms with van der Waals surface area (Å²) >= 11 is 0. The molecule has 0 spiro atoms. The molecule has 5 heteroatoms. The summed E-state index contributed by atoms with van der Waals surface area (Å²) in [5.41, 5.74) is 0.306. The van der Waals surface area contributed by atoms with Crippen LogP contribution in [0.2, 0.25) is 0 Å². The first kappa shape index (κ1) is 13.5. The Morgan fingerprint density at radius 3 is 2.59 bits per heavy atom. The van der Waals surface area contributed by atoms with Gasteiger partial charge in [0.15, 0.2) is 0 Å². The van der Waals surface area contributed by atoms with Gasteiger partial charge >= 0.3 is 12.0 Å². The van der Waals surface area contributed by atoms with Crippen LogP contribution in [0.25, 0.3) is 0 Å². The fourth-order valence-electron chi connectivity index (χ4n) is 1.74. The molecule has 1 rings (SSSR count). The van der Waals surface area contributed by atoms with Gasteiger partial charge in [0.1, 0.15) is 6.04 Å². The second kappa shape index (κ2) is 5.21. The van der Waals surface area contributed by atoms with Crippen LogP contribution in [-0.4, -0.2) is 29.7 Å². The van der Waals surface area contributed by atoms with E-state index in [1.165, 1.54) is 6.08 Å². The Balaban J connectivity index is 2.28. The van der Waals surface area contributed by atoms with Crippen molar-refractivity contribution in [3.8, 4) is 0 Å². The van der Waals surface area contributed by atoms with E-state index in [-0.39, 0.29) is 6.42 Å². The lowest BCUT2D eigenvalue weighted by molar-refractivity contribution is -0.139. The number of carbonyl (C=O) groups is 2. The zero-order valence-corrected chi connectivity index (χ0v) is 10.3. The van der Waals surface area contributed by atoms with Gasteiger partial charge in [0.25, 0.3) is 0 Å². The van der Waals surface area contributed by atoms with Crippen molar-refractivity contribution in [3.63, 3.8) is 0 Å². The van der Waals surface area contributed by atoms with Gasteiger partial charge in [-0.3, -0.25) is 0 Å². The largest absolute Gasteiger partial charge is 0.480 e. The number of hydrogen-bond acceptors (Lipinski definition) is 2. The Bertz CT molecular complexity index is 326. The van der Waals surface area contributed by atoms with Gasteiger partial charge in [0, 0.05) is 6.54 Å². The molecule has 1 saturated carbocycles. The summed E-state index contributed by atoms with van der Waals surface area (Å²) in [6.45, 7) is 8.35. The Morgan fingerprint density at radius 2 is 2.18 bits per heavy atom. The second-order valence-corrected chi connectivity index (χ2v) is 5.16. The Labute approximate surface area is 101 Å². The number of nitrogens with one attached hydrogen (secondary N) is 2. The molecule has 0 aliphatic heterocycles. The monoisotopic (exact) mass is 240 g/mol. The van der Waals surface area contributed by atoms with E-state index in [0.29, 0.717) is 17.9 Å². The van der Waals surface area contributed by atoms with Gasteiger partial charge in [0.2, 0.25) is 0 Å². The lowest BCUT2D eigenvalue weighted by atomic mass is 10.1. The van der Waals surface area contributed by atoms with E-state index < -0.39 is 18.0 Å². The average molecular weight is 240 g/mol. The fraction of sp³-hybridized carbons (Fsp3) is 0.667. The predicted molar refractivity (Wildman–Crippen MR) is 64.7 cm³/mol. The van der Waals surface area contributed by atoms with E-state index in [2.05, 4.69) is 31.1 Å². The van der Waals surface area contributed by atoms with Crippen molar-refractivity contribution in [3.05, 3.63) is 12.7 Å². The Morgan fingerprint density at radius 1 is 1.59 bits per heavy atom. The highest BCUT2D eigenvalue weighted by Gasteiger charge is 2.45. The van der Waals surface area contributed by atoms with E-state index in [1.807, 2.05) is 0 Å². The molecule has 2 amide bonds. The van der Waals surface area contributed by atoms with Gasteiger partial charge in [0.05, 0.1) is 0 Å². The van der Waals surface area contributed by atoms with Crippen LogP contribution in [-0.2, 0) is 4.79 Å². The molecular formula is C12H20N2O3. The summed E-state index contributed by atoms with van der Waals surface area (Å²) in [6.07, 6.45) is 2.79. The molecule has 17 heavy (non-hydrogen) atoms. The van der Waals surface area contributed by atoms with Crippen LogP contribution in [0.3, 0.4) is 0 Å². The van der Waals surface area contributed by atoms with Crippen molar-refractivity contribution in [2.45, 2.75) is 32.7 Å². The molecule has 1 aliphatic carbocycles. The van der Waals surface area contributed by atoms with Crippen molar-refractivity contribution >= 4 is 12.0 Å². The second-order valence-electron chi connectivity index (χ2n) is 5.16. The molecule has 3 N–H and O–H groups in total. The molecule has 0 saturated heterocycles. The highest BCUT2D eigenvalue weighted by molar-refractivity contribution is 5.82. The van der Waals surface area contributed by atoms with E-state index in [4.69, 9.17) is 5.11 Å². The van der Waals surface area contributed by atoms with Crippen molar-refractivity contribution in [1.29, 1.82) is 0 Å². The molecule has 2 unspecified atom stereocenters. The summed E-state index contributed by atoms with van der Waals surface area (Å²) in [4.78, 5) is 22.2. The van der Waals surface area contributed by atoms with Crippen LogP contribution in [0.5, 0.6) is 0 Å². The van der Waals surface area contributed by atoms with Crippen LogP contribution < -0.4 is 10.6 Å². The van der Waals surface area contributed by atoms with Gasteiger partial charge in [-0.25, -0.2) is 9.59 Å². The third kappa shape index (κ3) is 4.09. The molecule has 0 aromatic rings. The summed E-state index contributed by atoms with van der Waals surface area (Å²) in [7, 11) is 0. The van der Waals surface area contributed by atoms with Crippen molar-refractivity contribution in [2.24, 2.45) is 11.3 Å². The number of rotatable bonds is 6. The molecule has 1 fully saturated rings. The summed E-state index contributed by atoms with van der Waals surface area (Å²) in [6, 6.07) is -1.33. The van der Waals surface area contributed by atoms with Crippen molar-refractivity contribution in [2.75, 3.05) is 6.54 Å². The minimum Gasteiger partial charge on any atom is -0.480 e. The highest BCUT2D eigenvalue weighted by Crippen LogP contribution is 2.50. The number of amides is 2. The lowest BCUT2D eigenvalue weighted by Crippen LogP contribution is -2.46. The first-order valence-electron chi connectivity index (χ1n) is 5.75. The predicted octanol–water partition coefficient (Wildman–Crippen LogP) is 1.36. The smallest absolute Gasteiger partial charge is 0.326 e. The van der Waals surface area contributed by atoms with Gasteiger partial charge in [-0.1, -0.05) is 19.9 Å². The normalized spacial score (nSPS) is 22.4. The Kier molecular flexibility index (Phi) is 4.15. The lowest BCUT2D eigenvalue weighted by Gasteiger charge is -2.13. The molecule has 0 aromatic carbocycles. The van der Waals surface area contributed by atoms with E-state index in [9.17, 15) is 9.59 Å². The number of carboxylic acids is 1. The third-order valence-corrected chi connectivity index (χ3v) is 3.23. The van der Waals surface area contributed by atoms with Crippen LogP contribution >= 0.6 is 0 Å². The average Bonchev–Trinajstić information content (AvgIpc) is 2.83. The molecule has 2 atom stereocenters. The minimum absolute atomic E-state index is 0.220. The van der Waals surface area contributed by atoms with E-state index in [1.54, 1.807) is 0 Å². The number of aliphatic carboxylic acids is 1. The first-order valence-corrected chi connectivity index (χ1v) is 5.75. The van der Waals surface area contributed by atoms with E-state index >= 15 is 0 Å². The SMILES string of the molecule is C=CCC(NC(=O)NCC1CC1(C)C)C(=O)O. The maximum absolute atomic E-state index is 11.5. The summed E-state index contributed by atoms with van der Waals surface area (Å²) < 4.78 is 0. The number of hydrogen-bond donors (Lipinski definition) is 3. The number of carbonyl (C=O) groups excluding carboxylic acids is 1. The van der Waals surface area contributed by atoms with Crippen LogP contribution in [0.1, 0.15) is 26.7 Å². The maximum Gasteiger partial charge on any atom is 0.326 e. The molecular weight excluding hydrogens is 220 g/mol.